The van der Waals surface area contributed by atoms with Crippen LogP contribution < -0.4 is 33.5 Å². The Hall–Kier alpha value is -1.31. The number of benzene rings is 2. The fourth-order valence-electron chi connectivity index (χ4n) is 5.92. The van der Waals surface area contributed by atoms with Crippen LogP contribution in [-0.2, 0) is 5.60 Å². The van der Waals surface area contributed by atoms with Gasteiger partial charge in [0, 0.05) is 36.8 Å². The molecule has 0 amide bonds. The monoisotopic (exact) mass is 523 g/mol. The lowest BCUT2D eigenvalue weighted by molar-refractivity contribution is -0.931. The van der Waals surface area contributed by atoms with E-state index in [0.717, 1.165) is 40.0 Å². The number of piperidine rings is 1. The van der Waals surface area contributed by atoms with E-state index in [4.69, 9.17) is 9.47 Å². The van der Waals surface area contributed by atoms with Crippen LogP contribution in [0.2, 0.25) is 0 Å². The average molecular weight is 523 g/mol. The number of ether oxygens (including phenoxy) is 2. The Morgan fingerprint density at radius 2 is 1.30 bits per heavy atom. The van der Waals surface area contributed by atoms with Crippen LogP contribution in [0, 0.1) is 5.92 Å². The molecular formula is C25H34INO3. The smallest absolute Gasteiger partial charge is 0.125 e. The topological polar surface area (TPSA) is 38.7 Å². The van der Waals surface area contributed by atoms with Gasteiger partial charge in [-0.05, 0) is 24.5 Å². The maximum Gasteiger partial charge on any atom is 0.125 e. The maximum absolute atomic E-state index is 12.3. The van der Waals surface area contributed by atoms with E-state index in [-0.39, 0.29) is 24.0 Å². The summed E-state index contributed by atoms with van der Waals surface area (Å²) in [5.74, 6) is 1.91. The minimum absolute atomic E-state index is 0. The van der Waals surface area contributed by atoms with Crippen molar-refractivity contribution in [2.45, 2.75) is 49.8 Å². The van der Waals surface area contributed by atoms with Crippen molar-refractivity contribution in [3.05, 3.63) is 59.7 Å². The van der Waals surface area contributed by atoms with E-state index < -0.39 is 5.60 Å². The molecule has 0 aromatic heterocycles. The second-order valence-electron chi connectivity index (χ2n) is 9.32. The number of aliphatic hydroxyl groups is 1. The van der Waals surface area contributed by atoms with E-state index in [1.54, 1.807) is 14.2 Å². The molecule has 0 radical (unpaired) electrons. The van der Waals surface area contributed by atoms with Crippen LogP contribution in [0.5, 0.6) is 11.5 Å². The number of quaternary nitrogens is 1. The molecule has 4 nitrogen and oxygen atoms in total. The van der Waals surface area contributed by atoms with Gasteiger partial charge in [0.2, 0.25) is 0 Å². The van der Waals surface area contributed by atoms with Crippen molar-refractivity contribution >= 4 is 0 Å². The Kier molecular flexibility index (Phi) is 7.04. The molecule has 2 aliphatic heterocycles. The molecular weight excluding hydrogens is 489 g/mol. The van der Waals surface area contributed by atoms with Crippen LogP contribution in [0.1, 0.15) is 43.2 Å². The third-order valence-electron chi connectivity index (χ3n) is 7.62. The first kappa shape index (κ1) is 23.4. The molecule has 1 unspecified atom stereocenters. The van der Waals surface area contributed by atoms with Crippen LogP contribution in [0.3, 0.4) is 0 Å². The van der Waals surface area contributed by atoms with Crippen molar-refractivity contribution in [3.63, 3.8) is 0 Å². The molecule has 2 fully saturated rings. The van der Waals surface area contributed by atoms with Crippen molar-refractivity contribution < 1.29 is 43.0 Å². The van der Waals surface area contributed by atoms with Crippen LogP contribution in [-0.4, -0.2) is 50.0 Å². The van der Waals surface area contributed by atoms with Gasteiger partial charge in [0.1, 0.15) is 17.1 Å². The number of para-hydroxylation sites is 2. The van der Waals surface area contributed by atoms with Gasteiger partial charge in [0.25, 0.3) is 0 Å². The number of fused-ring (bicyclic) bond motifs is 2. The summed E-state index contributed by atoms with van der Waals surface area (Å²) in [5.41, 5.74) is 0.481. The molecule has 5 heteroatoms. The number of halogens is 1. The van der Waals surface area contributed by atoms with Gasteiger partial charge >= 0.3 is 0 Å². The predicted octanol–water partition coefficient (Wildman–Crippen LogP) is 1.35. The normalized spacial score (nSPS) is 24.8. The number of hydrogen-bond acceptors (Lipinski definition) is 3. The zero-order valence-corrected chi connectivity index (χ0v) is 20.6. The molecule has 0 aliphatic carbocycles. The van der Waals surface area contributed by atoms with E-state index in [1.165, 1.54) is 12.8 Å². The average Bonchev–Trinajstić information content (AvgIpc) is 2.89. The highest BCUT2D eigenvalue weighted by Gasteiger charge is 2.51. The summed E-state index contributed by atoms with van der Waals surface area (Å²) in [6, 6.07) is 17.1. The molecule has 30 heavy (non-hydrogen) atoms. The number of nitrogens with zero attached hydrogens (tertiary/aromatic N) is 1. The van der Waals surface area contributed by atoms with Crippen molar-refractivity contribution in [2.75, 3.05) is 28.3 Å². The first-order chi connectivity index (χ1) is 13.9. The summed E-state index contributed by atoms with van der Waals surface area (Å²) in [7, 11) is 8.10. The predicted molar refractivity (Wildman–Crippen MR) is 115 cm³/mol. The molecule has 2 aromatic rings. The Balaban J connectivity index is 0.00000256. The Bertz CT molecular complexity index is 805. The van der Waals surface area contributed by atoms with Gasteiger partial charge in [-0.25, -0.2) is 0 Å². The van der Waals surface area contributed by atoms with E-state index in [0.29, 0.717) is 24.4 Å². The summed E-state index contributed by atoms with van der Waals surface area (Å²) in [4.78, 5) is 0. The standard InChI is InChI=1S/C25H34NO3.HI/c1-26(2)19-13-14-20(26)16-18(15-19)17-25(27,21-9-5-7-11-23(21)28-3)22-10-6-8-12-24(22)29-4;/h5-12,18-20,27H,13-17H2,1-4H3;1H/q+1;/p-1/t18?,19-,20+;. The van der Waals surface area contributed by atoms with Crippen molar-refractivity contribution in [2.24, 2.45) is 5.92 Å². The van der Waals surface area contributed by atoms with Gasteiger partial charge in [-0.1, -0.05) is 36.4 Å². The quantitative estimate of drug-likeness (QED) is 0.459. The van der Waals surface area contributed by atoms with Gasteiger partial charge in [0.05, 0.1) is 40.4 Å². The third-order valence-corrected chi connectivity index (χ3v) is 7.62. The maximum atomic E-state index is 12.3. The minimum atomic E-state index is -1.15. The molecule has 0 spiro atoms. The highest BCUT2D eigenvalue weighted by atomic mass is 127. The van der Waals surface area contributed by atoms with E-state index in [9.17, 15) is 5.11 Å². The summed E-state index contributed by atoms with van der Waals surface area (Å²) in [6.07, 6.45) is 5.61. The zero-order valence-electron chi connectivity index (χ0n) is 18.5. The minimum Gasteiger partial charge on any atom is -1.00 e. The summed E-state index contributed by atoms with van der Waals surface area (Å²) in [6.45, 7) is 0. The lowest BCUT2D eigenvalue weighted by Gasteiger charge is -2.46. The Morgan fingerprint density at radius 1 is 0.867 bits per heavy atom. The van der Waals surface area contributed by atoms with E-state index >= 15 is 0 Å². The Morgan fingerprint density at radius 3 is 1.73 bits per heavy atom. The van der Waals surface area contributed by atoms with Gasteiger partial charge in [-0.15, -0.1) is 0 Å². The van der Waals surface area contributed by atoms with Crippen LogP contribution >= 0.6 is 0 Å². The highest BCUT2D eigenvalue weighted by Crippen LogP contribution is 2.49. The van der Waals surface area contributed by atoms with E-state index in [1.807, 2.05) is 48.5 Å². The summed E-state index contributed by atoms with van der Waals surface area (Å²) < 4.78 is 12.5. The molecule has 2 bridgehead atoms. The van der Waals surface area contributed by atoms with E-state index in [2.05, 4.69) is 14.1 Å². The molecule has 3 atom stereocenters. The number of methoxy groups -OCH3 is 2. The fourth-order valence-corrected chi connectivity index (χ4v) is 5.92. The lowest BCUT2D eigenvalue weighted by Crippen LogP contribution is -3.00. The fraction of sp³-hybridized carbons (Fsp3) is 0.520. The summed E-state index contributed by atoms with van der Waals surface area (Å²) in [5, 5.41) is 12.3. The van der Waals surface area contributed by atoms with Gasteiger partial charge in [-0.2, -0.15) is 0 Å². The van der Waals surface area contributed by atoms with Crippen molar-refractivity contribution in [1.29, 1.82) is 0 Å². The van der Waals surface area contributed by atoms with Crippen LogP contribution in [0.15, 0.2) is 48.5 Å². The molecule has 2 aromatic carbocycles. The van der Waals surface area contributed by atoms with Crippen LogP contribution in [0.25, 0.3) is 0 Å². The lowest BCUT2D eigenvalue weighted by atomic mass is 9.74. The van der Waals surface area contributed by atoms with Gasteiger partial charge in [0.15, 0.2) is 0 Å². The first-order valence-electron chi connectivity index (χ1n) is 10.7. The molecule has 0 saturated carbocycles. The second kappa shape index (κ2) is 9.05. The molecule has 2 heterocycles. The van der Waals surface area contributed by atoms with Gasteiger partial charge < -0.3 is 43.0 Å². The number of hydrogen-bond donors (Lipinski definition) is 1. The Labute approximate surface area is 197 Å². The molecule has 1 N–H and O–H groups in total. The van der Waals surface area contributed by atoms with Crippen LogP contribution in [0.4, 0.5) is 0 Å². The van der Waals surface area contributed by atoms with Gasteiger partial charge in [-0.3, -0.25) is 0 Å². The van der Waals surface area contributed by atoms with Crippen molar-refractivity contribution in [3.8, 4) is 11.5 Å². The molecule has 2 saturated heterocycles. The summed E-state index contributed by atoms with van der Waals surface area (Å²) >= 11 is 0. The SMILES string of the molecule is COc1ccccc1C(O)(CC1C[C@H]2CC[C@@H](C1)[N+]2(C)C)c1ccccc1OC.[I-]. The zero-order chi connectivity index (χ0) is 20.6. The highest BCUT2D eigenvalue weighted by molar-refractivity contribution is 5.49. The second-order valence-corrected chi connectivity index (χ2v) is 9.32. The number of rotatable bonds is 6. The first-order valence-corrected chi connectivity index (χ1v) is 10.7. The molecule has 164 valence electrons. The largest absolute Gasteiger partial charge is 1.00 e. The van der Waals surface area contributed by atoms with Crippen molar-refractivity contribution in [1.82, 2.24) is 0 Å². The third kappa shape index (κ3) is 3.96. The molecule has 2 aliphatic rings. The molecule has 4 rings (SSSR count).